The first-order valence-corrected chi connectivity index (χ1v) is 6.87. The molecule has 0 spiro atoms. The molecule has 1 aromatic carbocycles. The topological polar surface area (TPSA) is 46.4 Å². The molecule has 1 fully saturated rings. The highest BCUT2D eigenvalue weighted by atomic mass is 32.2. The predicted octanol–water partition coefficient (Wildman–Crippen LogP) is 3.06. The van der Waals surface area contributed by atoms with Crippen LogP contribution in [-0.2, 0) is 0 Å². The lowest BCUT2D eigenvalue weighted by atomic mass is 10.1. The van der Waals surface area contributed by atoms with Crippen molar-refractivity contribution in [1.29, 1.82) is 0 Å². The van der Waals surface area contributed by atoms with Crippen LogP contribution in [0.5, 0.6) is 0 Å². The number of nitro groups is 1. The Kier molecular flexibility index (Phi) is 3.75. The van der Waals surface area contributed by atoms with Gasteiger partial charge >= 0.3 is 0 Å². The third-order valence-electron chi connectivity index (χ3n) is 3.33. The van der Waals surface area contributed by atoms with E-state index in [4.69, 9.17) is 0 Å². The van der Waals surface area contributed by atoms with E-state index in [1.54, 1.807) is 0 Å². The summed E-state index contributed by atoms with van der Waals surface area (Å²) in [6.07, 6.45) is 0. The summed E-state index contributed by atoms with van der Waals surface area (Å²) in [6.45, 7) is 4.91. The van der Waals surface area contributed by atoms with E-state index in [-0.39, 0.29) is 11.7 Å². The minimum atomic E-state index is -0.572. The Hall–Kier alpha value is -1.30. The van der Waals surface area contributed by atoms with Crippen LogP contribution in [-0.4, -0.2) is 28.5 Å². The van der Waals surface area contributed by atoms with Crippen molar-refractivity contribution in [3.8, 4) is 0 Å². The molecule has 0 bridgehead atoms. The lowest BCUT2D eigenvalue weighted by Gasteiger charge is -2.38. The Morgan fingerprint density at radius 2 is 2.22 bits per heavy atom. The molecule has 6 heteroatoms. The van der Waals surface area contributed by atoms with Gasteiger partial charge in [0.1, 0.15) is 11.5 Å². The average Bonchev–Trinajstić information content (AvgIpc) is 2.33. The molecule has 0 amide bonds. The van der Waals surface area contributed by atoms with Gasteiger partial charge in [-0.1, -0.05) is 6.92 Å². The summed E-state index contributed by atoms with van der Waals surface area (Å²) >= 11 is 1.86. The summed E-state index contributed by atoms with van der Waals surface area (Å²) in [4.78, 5) is 12.5. The molecule has 0 radical (unpaired) electrons. The summed E-state index contributed by atoms with van der Waals surface area (Å²) in [5, 5.41) is 11.4. The standard InChI is InChI=1S/C12H15FN2O2S/c1-8-9(2)18-6-5-14(8)11-4-3-10(13)7-12(11)15(16)17/h3-4,7-9H,5-6H2,1-2H3. The van der Waals surface area contributed by atoms with E-state index in [9.17, 15) is 14.5 Å². The highest BCUT2D eigenvalue weighted by Gasteiger charge is 2.29. The number of nitrogens with zero attached hydrogens (tertiary/aromatic N) is 2. The third kappa shape index (κ3) is 2.43. The third-order valence-corrected chi connectivity index (χ3v) is 4.67. The Balaban J connectivity index is 2.40. The van der Waals surface area contributed by atoms with Crippen molar-refractivity contribution in [2.45, 2.75) is 25.1 Å². The molecular formula is C12H15FN2O2S. The van der Waals surface area contributed by atoms with Gasteiger partial charge in [-0.25, -0.2) is 4.39 Å². The summed E-state index contributed by atoms with van der Waals surface area (Å²) in [7, 11) is 0. The van der Waals surface area contributed by atoms with Gasteiger partial charge in [0.2, 0.25) is 0 Å². The molecule has 2 rings (SSSR count). The maximum atomic E-state index is 13.1. The molecule has 2 atom stereocenters. The molecule has 1 aromatic rings. The number of hydrogen-bond acceptors (Lipinski definition) is 4. The van der Waals surface area contributed by atoms with Crippen LogP contribution in [0.2, 0.25) is 0 Å². The van der Waals surface area contributed by atoms with Gasteiger partial charge in [-0.15, -0.1) is 0 Å². The molecule has 0 aliphatic carbocycles. The fourth-order valence-electron chi connectivity index (χ4n) is 2.16. The Bertz CT molecular complexity index is 469. The van der Waals surface area contributed by atoms with Gasteiger partial charge < -0.3 is 4.90 Å². The average molecular weight is 270 g/mol. The quantitative estimate of drug-likeness (QED) is 0.612. The number of hydrogen-bond donors (Lipinski definition) is 0. The molecule has 1 saturated heterocycles. The predicted molar refractivity (Wildman–Crippen MR) is 71.8 cm³/mol. The first-order chi connectivity index (χ1) is 8.50. The van der Waals surface area contributed by atoms with Crippen LogP contribution in [0.4, 0.5) is 15.8 Å². The number of rotatable bonds is 2. The molecule has 0 saturated carbocycles. The van der Waals surface area contributed by atoms with Gasteiger partial charge in [-0.05, 0) is 19.1 Å². The van der Waals surface area contributed by atoms with Gasteiger partial charge in [0, 0.05) is 23.6 Å². The summed E-state index contributed by atoms with van der Waals surface area (Å²) in [6, 6.07) is 3.98. The van der Waals surface area contributed by atoms with E-state index in [1.807, 2.05) is 23.6 Å². The normalized spacial score (nSPS) is 24.1. The molecule has 18 heavy (non-hydrogen) atoms. The number of thioether (sulfide) groups is 1. The van der Waals surface area contributed by atoms with E-state index in [1.165, 1.54) is 12.1 Å². The van der Waals surface area contributed by atoms with Crippen molar-refractivity contribution in [2.24, 2.45) is 0 Å². The highest BCUT2D eigenvalue weighted by Crippen LogP contribution is 2.35. The van der Waals surface area contributed by atoms with E-state index in [0.29, 0.717) is 10.9 Å². The van der Waals surface area contributed by atoms with Crippen LogP contribution >= 0.6 is 11.8 Å². The summed E-state index contributed by atoms with van der Waals surface area (Å²) in [5.74, 6) is 0.359. The smallest absolute Gasteiger partial charge is 0.295 e. The fourth-order valence-corrected chi connectivity index (χ4v) is 3.26. The van der Waals surface area contributed by atoms with Crippen LogP contribution in [0, 0.1) is 15.9 Å². The largest absolute Gasteiger partial charge is 0.361 e. The molecule has 1 aliphatic heterocycles. The maximum absolute atomic E-state index is 13.1. The molecule has 0 N–H and O–H groups in total. The van der Waals surface area contributed by atoms with Crippen LogP contribution < -0.4 is 4.90 Å². The van der Waals surface area contributed by atoms with Gasteiger partial charge in [0.15, 0.2) is 0 Å². The van der Waals surface area contributed by atoms with Gasteiger partial charge in [-0.3, -0.25) is 10.1 Å². The van der Waals surface area contributed by atoms with E-state index < -0.39 is 10.7 Å². The zero-order chi connectivity index (χ0) is 13.3. The Morgan fingerprint density at radius 1 is 1.50 bits per heavy atom. The molecule has 4 nitrogen and oxygen atoms in total. The van der Waals surface area contributed by atoms with Gasteiger partial charge in [0.25, 0.3) is 5.69 Å². The summed E-state index contributed by atoms with van der Waals surface area (Å²) in [5.41, 5.74) is 0.363. The maximum Gasteiger partial charge on any atom is 0.295 e. The Morgan fingerprint density at radius 3 is 2.89 bits per heavy atom. The molecule has 1 aliphatic rings. The lowest BCUT2D eigenvalue weighted by molar-refractivity contribution is -0.384. The van der Waals surface area contributed by atoms with Crippen molar-refractivity contribution >= 4 is 23.1 Å². The molecule has 98 valence electrons. The lowest BCUT2D eigenvalue weighted by Crippen LogP contribution is -2.45. The van der Waals surface area contributed by atoms with Crippen molar-refractivity contribution in [3.63, 3.8) is 0 Å². The van der Waals surface area contributed by atoms with Crippen molar-refractivity contribution < 1.29 is 9.31 Å². The SMILES string of the molecule is CC1SCCN(c2ccc(F)cc2[N+](=O)[O-])C1C. The first-order valence-electron chi connectivity index (χ1n) is 5.83. The Labute approximate surface area is 109 Å². The van der Waals surface area contributed by atoms with Crippen molar-refractivity contribution in [3.05, 3.63) is 34.1 Å². The fraction of sp³-hybridized carbons (Fsp3) is 0.500. The van der Waals surface area contributed by atoms with E-state index >= 15 is 0 Å². The van der Waals surface area contributed by atoms with Gasteiger partial charge in [0.05, 0.1) is 11.0 Å². The van der Waals surface area contributed by atoms with Crippen LogP contribution in [0.15, 0.2) is 18.2 Å². The van der Waals surface area contributed by atoms with Crippen LogP contribution in [0.1, 0.15) is 13.8 Å². The monoisotopic (exact) mass is 270 g/mol. The van der Waals surface area contributed by atoms with E-state index in [0.717, 1.165) is 18.4 Å². The molecular weight excluding hydrogens is 255 g/mol. The highest BCUT2D eigenvalue weighted by molar-refractivity contribution is 8.00. The number of halogens is 1. The molecule has 1 heterocycles. The first kappa shape index (κ1) is 13.1. The van der Waals surface area contributed by atoms with Gasteiger partial charge in [-0.2, -0.15) is 11.8 Å². The number of benzene rings is 1. The second-order valence-electron chi connectivity index (χ2n) is 4.40. The minimum absolute atomic E-state index is 0.152. The molecule has 0 aromatic heterocycles. The number of anilines is 1. The minimum Gasteiger partial charge on any atom is -0.361 e. The van der Waals surface area contributed by atoms with Crippen LogP contribution in [0.25, 0.3) is 0 Å². The summed E-state index contributed by atoms with van der Waals surface area (Å²) < 4.78 is 13.1. The van der Waals surface area contributed by atoms with Crippen molar-refractivity contribution in [2.75, 3.05) is 17.2 Å². The van der Waals surface area contributed by atoms with E-state index in [2.05, 4.69) is 6.92 Å². The zero-order valence-electron chi connectivity index (χ0n) is 10.3. The molecule has 2 unspecified atom stereocenters. The zero-order valence-corrected chi connectivity index (χ0v) is 11.1. The van der Waals surface area contributed by atoms with Crippen LogP contribution in [0.3, 0.4) is 0 Å². The second-order valence-corrected chi connectivity index (χ2v) is 5.89. The second kappa shape index (κ2) is 5.14. The van der Waals surface area contributed by atoms with Crippen molar-refractivity contribution in [1.82, 2.24) is 0 Å². The number of nitro benzene ring substituents is 1.